The van der Waals surface area contributed by atoms with Crippen LogP contribution in [-0.4, -0.2) is 29.8 Å². The van der Waals surface area contributed by atoms with Crippen molar-refractivity contribution in [1.82, 2.24) is 0 Å². The fourth-order valence-corrected chi connectivity index (χ4v) is 4.17. The van der Waals surface area contributed by atoms with E-state index < -0.39 is 30.8 Å². The summed E-state index contributed by atoms with van der Waals surface area (Å²) in [7, 11) is -1.62. The van der Waals surface area contributed by atoms with Crippen LogP contribution in [0.3, 0.4) is 0 Å². The van der Waals surface area contributed by atoms with Crippen molar-refractivity contribution in [3.8, 4) is 0 Å². The van der Waals surface area contributed by atoms with Gasteiger partial charge >= 0.3 is 0 Å². The van der Waals surface area contributed by atoms with Crippen LogP contribution in [0.5, 0.6) is 0 Å². The smallest absolute Gasteiger partial charge is 0.241 e. The van der Waals surface area contributed by atoms with Gasteiger partial charge in [0.05, 0.1) is 5.92 Å². The molecule has 0 aliphatic carbocycles. The van der Waals surface area contributed by atoms with Crippen LogP contribution < -0.4 is 0 Å². The summed E-state index contributed by atoms with van der Waals surface area (Å²) in [6, 6.07) is 0. The Kier molecular flexibility index (Phi) is 6.12. The minimum atomic E-state index is -3.14. The average Bonchev–Trinajstić information content (AvgIpc) is 2.25. The van der Waals surface area contributed by atoms with E-state index in [1.807, 2.05) is 6.92 Å². The van der Waals surface area contributed by atoms with Crippen LogP contribution in [-0.2, 0) is 0 Å². The normalized spacial score (nSPS) is 20.3. The quantitative estimate of drug-likeness (QED) is 0.422. The molecule has 0 saturated carbocycles. The van der Waals surface area contributed by atoms with E-state index in [1.165, 1.54) is 13.6 Å². The summed E-state index contributed by atoms with van der Waals surface area (Å²) in [5, 5.41) is 0. The highest BCUT2D eigenvalue weighted by Gasteiger charge is 2.59. The molecule has 3 atom stereocenters. The summed E-state index contributed by atoms with van der Waals surface area (Å²) < 4.78 is 57.1. The lowest BCUT2D eigenvalue weighted by Crippen LogP contribution is -2.53. The molecule has 0 radical (unpaired) electrons. The minimum Gasteiger partial charge on any atom is -0.241 e. The van der Waals surface area contributed by atoms with Gasteiger partial charge in [-0.1, -0.05) is 27.2 Å². The molecule has 0 heterocycles. The maximum atomic E-state index is 14.7. The Bertz CT molecular complexity index is 262. The Morgan fingerprint density at radius 2 is 1.50 bits per heavy atom. The van der Waals surface area contributed by atoms with Crippen molar-refractivity contribution < 1.29 is 17.6 Å². The fourth-order valence-electron chi connectivity index (χ4n) is 2.33. The van der Waals surface area contributed by atoms with Crippen LogP contribution in [0, 0.1) is 5.92 Å². The molecular formula is C13H25F4P. The maximum Gasteiger partial charge on any atom is 0.269 e. The topological polar surface area (TPSA) is 0 Å². The molecule has 0 aromatic heterocycles. The number of rotatable bonds is 7. The van der Waals surface area contributed by atoms with Crippen molar-refractivity contribution in [3.05, 3.63) is 0 Å². The van der Waals surface area contributed by atoms with Gasteiger partial charge in [0.1, 0.15) is 5.67 Å². The molecule has 110 valence electrons. The zero-order valence-corrected chi connectivity index (χ0v) is 13.1. The van der Waals surface area contributed by atoms with Gasteiger partial charge in [-0.3, -0.25) is 0 Å². The van der Waals surface area contributed by atoms with Crippen LogP contribution in [0.4, 0.5) is 17.6 Å². The van der Waals surface area contributed by atoms with Crippen molar-refractivity contribution in [2.45, 2.75) is 64.5 Å². The third-order valence-electron chi connectivity index (χ3n) is 3.78. The van der Waals surface area contributed by atoms with Gasteiger partial charge in [-0.25, -0.2) is 17.6 Å². The SMILES string of the molecule is CCCP(C)C(F)(F)C(C)C(F)(CC)C(C)(C)F. The molecule has 0 aliphatic heterocycles. The summed E-state index contributed by atoms with van der Waals surface area (Å²) in [5.74, 6) is -1.61. The van der Waals surface area contributed by atoms with Crippen molar-refractivity contribution >= 4 is 7.92 Å². The Morgan fingerprint density at radius 3 is 1.78 bits per heavy atom. The van der Waals surface area contributed by atoms with E-state index in [9.17, 15) is 17.6 Å². The Hall–Kier alpha value is 0.150. The van der Waals surface area contributed by atoms with Crippen molar-refractivity contribution in [2.75, 3.05) is 12.8 Å². The number of alkyl halides is 4. The molecule has 0 aromatic rings. The Balaban J connectivity index is 5.28. The first-order valence-electron chi connectivity index (χ1n) is 6.42. The standard InChI is InChI=1S/C13H25F4P/c1-7-9-18(6)13(16,17)10(3)12(15,8-2)11(4,5)14/h10H,7-9H2,1-6H3. The highest BCUT2D eigenvalue weighted by Crippen LogP contribution is 2.59. The predicted molar refractivity (Wildman–Crippen MR) is 71.4 cm³/mol. The van der Waals surface area contributed by atoms with Crippen molar-refractivity contribution in [3.63, 3.8) is 0 Å². The van der Waals surface area contributed by atoms with Crippen LogP contribution >= 0.6 is 7.92 Å². The Morgan fingerprint density at radius 1 is 1.06 bits per heavy atom. The molecular weight excluding hydrogens is 263 g/mol. The van der Waals surface area contributed by atoms with Crippen LogP contribution in [0.25, 0.3) is 0 Å². The van der Waals surface area contributed by atoms with Crippen LogP contribution in [0.1, 0.15) is 47.5 Å². The highest BCUT2D eigenvalue weighted by molar-refractivity contribution is 7.58. The number of hydrogen-bond acceptors (Lipinski definition) is 0. The molecule has 0 aliphatic rings. The lowest BCUT2D eigenvalue weighted by molar-refractivity contribution is -0.120. The van der Waals surface area contributed by atoms with Gasteiger partial charge in [-0.15, -0.1) is 0 Å². The lowest BCUT2D eigenvalue weighted by atomic mass is 9.77. The van der Waals surface area contributed by atoms with E-state index in [2.05, 4.69) is 0 Å². The fraction of sp³-hybridized carbons (Fsp3) is 1.00. The van der Waals surface area contributed by atoms with E-state index in [0.717, 1.165) is 20.8 Å². The third-order valence-corrected chi connectivity index (χ3v) is 6.30. The number of hydrogen-bond donors (Lipinski definition) is 0. The third kappa shape index (κ3) is 3.37. The minimum absolute atomic E-state index is 0.247. The van der Waals surface area contributed by atoms with Crippen LogP contribution in [0.2, 0.25) is 0 Å². The lowest BCUT2D eigenvalue weighted by Gasteiger charge is -2.43. The molecule has 0 rings (SSSR count). The van der Waals surface area contributed by atoms with E-state index in [0.29, 0.717) is 12.6 Å². The average molecular weight is 288 g/mol. The van der Waals surface area contributed by atoms with Gasteiger partial charge in [0.2, 0.25) is 0 Å². The van der Waals surface area contributed by atoms with Gasteiger partial charge in [0.25, 0.3) is 5.66 Å². The van der Waals surface area contributed by atoms with Gasteiger partial charge in [-0.2, -0.15) is 0 Å². The van der Waals surface area contributed by atoms with E-state index in [-0.39, 0.29) is 6.42 Å². The van der Waals surface area contributed by atoms with Gasteiger partial charge in [0.15, 0.2) is 5.67 Å². The van der Waals surface area contributed by atoms with E-state index in [1.54, 1.807) is 0 Å². The molecule has 0 N–H and O–H groups in total. The summed E-state index contributed by atoms with van der Waals surface area (Å²) in [4.78, 5) is 0. The molecule has 0 bridgehead atoms. The molecule has 0 amide bonds. The molecule has 0 aromatic carbocycles. The van der Waals surface area contributed by atoms with Gasteiger partial charge in [0, 0.05) is 0 Å². The van der Waals surface area contributed by atoms with Crippen molar-refractivity contribution in [1.29, 1.82) is 0 Å². The molecule has 0 nitrogen and oxygen atoms in total. The summed E-state index contributed by atoms with van der Waals surface area (Å²) in [5.41, 5.74) is -7.91. The molecule has 3 unspecified atom stereocenters. The zero-order chi connectivity index (χ0) is 14.8. The van der Waals surface area contributed by atoms with Crippen molar-refractivity contribution in [2.24, 2.45) is 5.92 Å². The molecule has 0 fully saturated rings. The number of halogens is 4. The van der Waals surface area contributed by atoms with Gasteiger partial charge in [-0.05, 0) is 41.0 Å². The molecule has 5 heteroatoms. The summed E-state index contributed by atoms with van der Waals surface area (Å²) in [6.45, 7) is 7.93. The highest BCUT2D eigenvalue weighted by atomic mass is 31.1. The second kappa shape index (κ2) is 6.07. The Labute approximate surface area is 109 Å². The first-order valence-corrected chi connectivity index (χ1v) is 8.39. The largest absolute Gasteiger partial charge is 0.269 e. The monoisotopic (exact) mass is 288 g/mol. The first-order chi connectivity index (χ1) is 7.95. The molecule has 0 spiro atoms. The van der Waals surface area contributed by atoms with E-state index >= 15 is 0 Å². The predicted octanol–water partition coefficient (Wildman–Crippen LogP) is 5.60. The van der Waals surface area contributed by atoms with Gasteiger partial charge < -0.3 is 0 Å². The molecule has 18 heavy (non-hydrogen) atoms. The maximum absolute atomic E-state index is 14.7. The van der Waals surface area contributed by atoms with Crippen LogP contribution in [0.15, 0.2) is 0 Å². The molecule has 0 saturated heterocycles. The second-order valence-electron chi connectivity index (χ2n) is 5.42. The zero-order valence-electron chi connectivity index (χ0n) is 12.2. The second-order valence-corrected chi connectivity index (χ2v) is 7.86. The first kappa shape index (κ1) is 18.1. The summed E-state index contributed by atoms with van der Waals surface area (Å²) in [6.07, 6.45) is 0.761. The van der Waals surface area contributed by atoms with E-state index in [4.69, 9.17) is 0 Å². The summed E-state index contributed by atoms with van der Waals surface area (Å²) >= 11 is 0.